The van der Waals surface area contributed by atoms with Gasteiger partial charge in [0.05, 0.1) is 26.4 Å². The highest BCUT2D eigenvalue weighted by atomic mass is 19.1. The van der Waals surface area contributed by atoms with E-state index in [2.05, 4.69) is 10.3 Å². The number of rotatable bonds is 8. The monoisotopic (exact) mass is 486 g/mol. The summed E-state index contributed by atoms with van der Waals surface area (Å²) < 4.78 is 29.2. The van der Waals surface area contributed by atoms with Crippen LogP contribution in [0.25, 0.3) is 0 Å². The van der Waals surface area contributed by atoms with Crippen LogP contribution < -0.4 is 10.1 Å². The minimum atomic E-state index is -0.647. The maximum Gasteiger partial charge on any atom is 0.409 e. The molecule has 0 saturated carbocycles. The normalized spacial score (nSPS) is 13.9. The lowest BCUT2D eigenvalue weighted by molar-refractivity contribution is 0.0593. The van der Waals surface area contributed by atoms with E-state index in [1.807, 2.05) is 13.8 Å². The van der Waals surface area contributed by atoms with Crippen LogP contribution in [-0.4, -0.2) is 61.6 Å². The van der Waals surface area contributed by atoms with E-state index in [1.54, 1.807) is 17.0 Å². The molecule has 2 N–H and O–H groups in total. The van der Waals surface area contributed by atoms with E-state index in [0.29, 0.717) is 36.7 Å². The largest absolute Gasteiger partial charge is 0.492 e. The number of aromatic nitrogens is 1. The second-order valence-electron chi connectivity index (χ2n) is 8.63. The van der Waals surface area contributed by atoms with Crippen molar-refractivity contribution in [3.63, 3.8) is 0 Å². The van der Waals surface area contributed by atoms with Crippen molar-refractivity contribution in [2.75, 3.05) is 39.2 Å². The number of nitrogens with one attached hydrogen (secondary N) is 2. The van der Waals surface area contributed by atoms with Crippen LogP contribution in [0.5, 0.6) is 5.75 Å². The van der Waals surface area contributed by atoms with Gasteiger partial charge in [0.25, 0.3) is 0 Å². The summed E-state index contributed by atoms with van der Waals surface area (Å²) in [4.78, 5) is 30.1. The summed E-state index contributed by atoms with van der Waals surface area (Å²) in [6.07, 6.45) is 1.13. The molecule has 3 rings (SSSR count). The number of amides is 1. The van der Waals surface area contributed by atoms with E-state index in [9.17, 15) is 14.0 Å². The van der Waals surface area contributed by atoms with E-state index >= 15 is 0 Å². The second kappa shape index (κ2) is 11.6. The fourth-order valence-electron chi connectivity index (χ4n) is 3.77. The predicted molar refractivity (Wildman–Crippen MR) is 129 cm³/mol. The van der Waals surface area contributed by atoms with Crippen molar-refractivity contribution in [3.8, 4) is 5.75 Å². The molecule has 35 heavy (non-hydrogen) atoms. The Kier molecular flexibility index (Phi) is 8.62. The Bertz CT molecular complexity index is 1070. The van der Waals surface area contributed by atoms with Crippen molar-refractivity contribution in [1.29, 1.82) is 5.41 Å². The van der Waals surface area contributed by atoms with E-state index in [-0.39, 0.29) is 41.0 Å². The van der Waals surface area contributed by atoms with E-state index in [1.165, 1.54) is 32.4 Å². The summed E-state index contributed by atoms with van der Waals surface area (Å²) in [5.41, 5.74) is 1.26. The van der Waals surface area contributed by atoms with Gasteiger partial charge in [0.2, 0.25) is 0 Å². The van der Waals surface area contributed by atoms with Gasteiger partial charge < -0.3 is 29.8 Å². The maximum atomic E-state index is 13.4. The highest BCUT2D eigenvalue weighted by Crippen LogP contribution is 2.32. The smallest absolute Gasteiger partial charge is 0.409 e. The highest BCUT2D eigenvalue weighted by molar-refractivity contribution is 6.07. The van der Waals surface area contributed by atoms with Crippen LogP contribution in [0.1, 0.15) is 42.7 Å². The van der Waals surface area contributed by atoms with Crippen LogP contribution in [0.4, 0.5) is 20.7 Å². The van der Waals surface area contributed by atoms with E-state index in [0.717, 1.165) is 12.8 Å². The number of carbonyl (C=O) groups excluding carboxylic acids is 2. The zero-order valence-corrected chi connectivity index (χ0v) is 20.4. The summed E-state index contributed by atoms with van der Waals surface area (Å²) in [7, 11) is 2.62. The first kappa shape index (κ1) is 25.9. The molecule has 1 saturated heterocycles. The fraction of sp³-hybridized carbons (Fsp3) is 0.440. The van der Waals surface area contributed by atoms with Crippen LogP contribution in [0.2, 0.25) is 0 Å². The molecule has 0 aliphatic carbocycles. The van der Waals surface area contributed by atoms with Gasteiger partial charge in [-0.1, -0.05) is 13.8 Å². The molecule has 0 bridgehead atoms. The number of hydrogen-bond acceptors (Lipinski definition) is 8. The van der Waals surface area contributed by atoms with Crippen LogP contribution in [-0.2, 0) is 9.47 Å². The van der Waals surface area contributed by atoms with Gasteiger partial charge in [0.1, 0.15) is 17.4 Å². The Balaban J connectivity index is 1.91. The lowest BCUT2D eigenvalue weighted by Crippen LogP contribution is -2.39. The lowest BCUT2D eigenvalue weighted by atomic mass is 9.97. The molecule has 1 aliphatic rings. The summed E-state index contributed by atoms with van der Waals surface area (Å²) in [5.74, 6) is -0.427. The summed E-state index contributed by atoms with van der Waals surface area (Å²) >= 11 is 0. The number of hydrogen-bond donors (Lipinski definition) is 2. The molecule has 1 aromatic heterocycles. The van der Waals surface area contributed by atoms with Crippen LogP contribution >= 0.6 is 0 Å². The van der Waals surface area contributed by atoms with Gasteiger partial charge in [0, 0.05) is 30.6 Å². The van der Waals surface area contributed by atoms with Crippen molar-refractivity contribution in [1.82, 2.24) is 9.88 Å². The first-order valence-electron chi connectivity index (χ1n) is 11.4. The number of pyridine rings is 1. The van der Waals surface area contributed by atoms with E-state index < -0.39 is 5.97 Å². The van der Waals surface area contributed by atoms with Gasteiger partial charge in [0.15, 0.2) is 5.69 Å². The molecule has 0 unspecified atom stereocenters. The zero-order chi connectivity index (χ0) is 25.5. The third kappa shape index (κ3) is 6.46. The fourth-order valence-corrected chi connectivity index (χ4v) is 3.77. The van der Waals surface area contributed by atoms with Gasteiger partial charge in [-0.05, 0) is 48.9 Å². The summed E-state index contributed by atoms with van der Waals surface area (Å²) in [6, 6.07) is 7.17. The zero-order valence-electron chi connectivity index (χ0n) is 20.4. The molecule has 2 aromatic rings. The number of ether oxygens (including phenoxy) is 3. The number of esters is 1. The van der Waals surface area contributed by atoms with Gasteiger partial charge in [-0.15, -0.1) is 0 Å². The Morgan fingerprint density at radius 2 is 1.83 bits per heavy atom. The minimum absolute atomic E-state index is 0.0212. The molecule has 1 aliphatic heterocycles. The van der Waals surface area contributed by atoms with Gasteiger partial charge in [-0.3, -0.25) is 0 Å². The molecule has 10 heteroatoms. The first-order valence-corrected chi connectivity index (χ1v) is 11.4. The number of benzene rings is 1. The second-order valence-corrected chi connectivity index (χ2v) is 8.63. The molecular weight excluding hydrogens is 455 g/mol. The molecule has 188 valence electrons. The topological polar surface area (TPSA) is 114 Å². The van der Waals surface area contributed by atoms with Crippen molar-refractivity contribution in [2.45, 2.75) is 26.7 Å². The van der Waals surface area contributed by atoms with Crippen molar-refractivity contribution in [2.24, 2.45) is 11.8 Å². The quantitative estimate of drug-likeness (QED) is 0.413. The van der Waals surface area contributed by atoms with Gasteiger partial charge in [-0.2, -0.15) is 0 Å². The highest BCUT2D eigenvalue weighted by Gasteiger charge is 2.26. The first-order chi connectivity index (χ1) is 16.7. The number of methoxy groups -OCH3 is 2. The Hall–Kier alpha value is -3.69. The van der Waals surface area contributed by atoms with Crippen molar-refractivity contribution in [3.05, 3.63) is 47.4 Å². The summed E-state index contributed by atoms with van der Waals surface area (Å²) in [5, 5.41) is 11.8. The van der Waals surface area contributed by atoms with Crippen LogP contribution in [0.15, 0.2) is 30.3 Å². The molecule has 1 amide bonds. The number of piperidine rings is 1. The Morgan fingerprint density at radius 3 is 2.40 bits per heavy atom. The number of nitrogens with zero attached hydrogens (tertiary/aromatic N) is 2. The number of carbonyl (C=O) groups is 2. The van der Waals surface area contributed by atoms with Crippen molar-refractivity contribution < 1.29 is 28.2 Å². The average molecular weight is 487 g/mol. The standard InChI is InChI=1S/C25H31FN4O5/c1-15(2)22(27)21-20(35-14-16-9-11-30(12-10-16)25(32)34-4)13-19(24(31)33-3)29-23(21)28-18-7-5-17(26)6-8-18/h5-8,13,15-16,27H,9-12,14H2,1-4H3,(H,28,29). The molecule has 9 nitrogen and oxygen atoms in total. The number of likely N-dealkylation sites (tertiary alicyclic amines) is 1. The molecule has 0 atom stereocenters. The molecule has 0 radical (unpaired) electrons. The molecule has 1 aromatic carbocycles. The third-order valence-corrected chi connectivity index (χ3v) is 5.85. The number of anilines is 2. The average Bonchev–Trinajstić information content (AvgIpc) is 2.87. The molecular formula is C25H31FN4O5. The predicted octanol–water partition coefficient (Wildman–Crippen LogP) is 4.63. The van der Waals surface area contributed by atoms with Gasteiger partial charge >= 0.3 is 12.1 Å². The number of halogens is 1. The van der Waals surface area contributed by atoms with Crippen LogP contribution in [0, 0.1) is 23.1 Å². The van der Waals surface area contributed by atoms with E-state index in [4.69, 9.17) is 19.6 Å². The maximum absolute atomic E-state index is 13.4. The Morgan fingerprint density at radius 1 is 1.17 bits per heavy atom. The molecule has 1 fully saturated rings. The van der Waals surface area contributed by atoms with Crippen LogP contribution in [0.3, 0.4) is 0 Å². The molecule has 0 spiro atoms. The summed E-state index contributed by atoms with van der Waals surface area (Å²) in [6.45, 7) is 5.23. The lowest BCUT2D eigenvalue weighted by Gasteiger charge is -2.31. The SMILES string of the molecule is COC(=O)c1cc(OCC2CCN(C(=O)OC)CC2)c(C(=N)C(C)C)c(Nc2ccc(F)cc2)n1. The van der Waals surface area contributed by atoms with Crippen molar-refractivity contribution >= 4 is 29.3 Å². The van der Waals surface area contributed by atoms with Gasteiger partial charge in [-0.25, -0.2) is 19.0 Å². The molecule has 2 heterocycles. The minimum Gasteiger partial charge on any atom is -0.492 e. The Labute approximate surface area is 204 Å². The third-order valence-electron chi connectivity index (χ3n) is 5.85.